The number of thioether (sulfide) groups is 2. The minimum absolute atomic E-state index is 0. The van der Waals surface area contributed by atoms with Gasteiger partial charge >= 0.3 is 5.97 Å². The van der Waals surface area contributed by atoms with E-state index >= 15 is 0 Å². The van der Waals surface area contributed by atoms with Crippen molar-refractivity contribution in [3.05, 3.63) is 0 Å². The molecule has 0 aromatic heterocycles. The standard InChI is InChI=1S/C12H25NO2S.C10H23NS2.CH4.I2.HI.S2.V/c1-5-15-12(14)6-7-16-8-11(13)10(4)9(2)3;1-5-6-13-7-9(11-4)10(12)8(2)3;;1-2;;1-2;/h9-11H,5-8,13H2,1-4H3;8-12H,5-7H2,1-4H3;1H4;;1H;;/t10-,11-;9-,10-;;;;;/m11...../s1. The molecule has 0 aliphatic heterocycles. The molecule has 0 heterocycles. The minimum atomic E-state index is -0.111. The van der Waals surface area contributed by atoms with Crippen molar-refractivity contribution in [2.45, 2.75) is 86.1 Å². The van der Waals surface area contributed by atoms with E-state index in [4.69, 9.17) is 10.5 Å². The van der Waals surface area contributed by atoms with E-state index in [1.165, 1.54) is 17.9 Å². The predicted octanol–water partition coefficient (Wildman–Crippen LogP) is 7.98. The Morgan fingerprint density at radius 2 is 1.50 bits per heavy atom. The largest absolute Gasteiger partial charge is 0.466 e. The summed E-state index contributed by atoms with van der Waals surface area (Å²) in [5, 5.41) is 3.81. The molecule has 0 unspecified atom stereocenters. The molecule has 223 valence electrons. The van der Waals surface area contributed by atoms with E-state index in [1.54, 1.807) is 11.8 Å². The van der Waals surface area contributed by atoms with Crippen LogP contribution in [0.1, 0.15) is 68.7 Å². The Labute approximate surface area is 301 Å². The number of nitrogens with two attached hydrogens (primary N) is 1. The van der Waals surface area contributed by atoms with Gasteiger partial charge in [0.2, 0.25) is 0 Å². The first kappa shape index (κ1) is 55.6. The van der Waals surface area contributed by atoms with Gasteiger partial charge in [-0.15, -0.1) is 24.0 Å². The summed E-state index contributed by atoms with van der Waals surface area (Å²) in [6.45, 7) is 15.5. The average molecular weight is 982 g/mol. The van der Waals surface area contributed by atoms with Gasteiger partial charge in [0.05, 0.1) is 13.0 Å². The van der Waals surface area contributed by atoms with Gasteiger partial charge in [-0.3, -0.25) is 4.79 Å². The van der Waals surface area contributed by atoms with E-state index in [2.05, 4.69) is 119 Å². The van der Waals surface area contributed by atoms with Crippen LogP contribution in [0.4, 0.5) is 0 Å². The van der Waals surface area contributed by atoms with Crippen molar-refractivity contribution in [2.24, 2.45) is 23.5 Å². The van der Waals surface area contributed by atoms with Crippen molar-refractivity contribution in [1.29, 1.82) is 0 Å². The minimum Gasteiger partial charge on any atom is -0.466 e. The molecular weight excluding hydrogens is 928 g/mol. The third kappa shape index (κ3) is 37.7. The number of hydrogen-bond acceptors (Lipinski definition) is 9. The fourth-order valence-electron chi connectivity index (χ4n) is 2.43. The van der Waals surface area contributed by atoms with Crippen LogP contribution >= 0.6 is 97.4 Å². The second-order valence-electron chi connectivity index (χ2n) is 8.10. The first-order valence-corrected chi connectivity index (χ1v) is 21.8. The van der Waals surface area contributed by atoms with Gasteiger partial charge in [-0.25, -0.2) is 0 Å². The summed E-state index contributed by atoms with van der Waals surface area (Å²) in [5.74, 6) is 5.82. The maximum atomic E-state index is 11.1. The van der Waals surface area contributed by atoms with Crippen molar-refractivity contribution in [3.8, 4) is 0 Å². The Kier molecular flexibility index (Phi) is 66.5. The Morgan fingerprint density at radius 3 is 1.86 bits per heavy atom. The zero-order valence-corrected chi connectivity index (χ0v) is 34.7. The third-order valence-corrected chi connectivity index (χ3v) is 8.27. The number of esters is 1. The second-order valence-corrected chi connectivity index (χ2v) is 11.0. The quantitative estimate of drug-likeness (QED) is 0.0662. The van der Waals surface area contributed by atoms with E-state index in [-0.39, 0.29) is 62.0 Å². The topological polar surface area (TPSA) is 64.3 Å². The monoisotopic (exact) mass is 981 g/mol. The van der Waals surface area contributed by atoms with Crippen molar-refractivity contribution < 1.29 is 28.1 Å². The number of rotatable bonds is 15. The first-order valence-electron chi connectivity index (χ1n) is 11.3. The molecule has 0 fully saturated rings. The molecule has 0 bridgehead atoms. The van der Waals surface area contributed by atoms with Crippen LogP contribution in [0.15, 0.2) is 0 Å². The summed E-state index contributed by atoms with van der Waals surface area (Å²) in [4.78, 5) is 11.1. The van der Waals surface area contributed by atoms with E-state index < -0.39 is 0 Å². The average Bonchev–Trinajstić information content (AvgIpc) is 2.81. The fourth-order valence-corrected chi connectivity index (χ4v) is 4.96. The summed E-state index contributed by atoms with van der Waals surface area (Å²) in [6.07, 6.45) is 1.75. The molecule has 4 atom stereocenters. The molecule has 0 saturated heterocycles. The van der Waals surface area contributed by atoms with Gasteiger partial charge in [0.15, 0.2) is 0 Å². The van der Waals surface area contributed by atoms with Gasteiger partial charge in [0, 0.05) is 113 Å². The summed E-state index contributed by atoms with van der Waals surface area (Å²) in [5.41, 5.74) is 6.06. The number of thiol groups is 1. The maximum absolute atomic E-state index is 11.1. The van der Waals surface area contributed by atoms with E-state index in [0.29, 0.717) is 42.1 Å². The number of carbonyl (C=O) groups is 1. The van der Waals surface area contributed by atoms with Gasteiger partial charge < -0.3 is 15.8 Å². The smallest absolute Gasteiger partial charge is 0.306 e. The van der Waals surface area contributed by atoms with E-state index in [1.807, 2.05) is 25.7 Å². The molecule has 0 rings (SSSR count). The normalized spacial score (nSPS) is 12.7. The molecule has 0 aliphatic carbocycles. The molecule has 4 nitrogen and oxygen atoms in total. The van der Waals surface area contributed by atoms with E-state index in [9.17, 15) is 4.79 Å². The summed E-state index contributed by atoms with van der Waals surface area (Å²) >= 11 is 20.0. The van der Waals surface area contributed by atoms with Crippen LogP contribution < -0.4 is 11.1 Å². The molecule has 0 aromatic carbocycles. The fraction of sp³-hybridized carbons (Fsp3) is 0.957. The van der Waals surface area contributed by atoms with Gasteiger partial charge in [0.25, 0.3) is 0 Å². The van der Waals surface area contributed by atoms with Crippen LogP contribution in [0, 0.1) is 17.8 Å². The van der Waals surface area contributed by atoms with Crippen LogP contribution in [0.3, 0.4) is 0 Å². The van der Waals surface area contributed by atoms with Gasteiger partial charge in [0.1, 0.15) is 0 Å². The van der Waals surface area contributed by atoms with Crippen molar-refractivity contribution in [2.75, 3.05) is 36.7 Å². The van der Waals surface area contributed by atoms with Crippen LogP contribution in [0.25, 0.3) is 0 Å². The zero-order valence-electron chi connectivity index (χ0n) is 22.5. The molecule has 3 N–H and O–H groups in total. The van der Waals surface area contributed by atoms with Crippen molar-refractivity contribution >= 4 is 126 Å². The van der Waals surface area contributed by atoms with Gasteiger partial charge in [-0.2, -0.15) is 36.2 Å². The number of nitrogens with one attached hydrogen (secondary N) is 1. The van der Waals surface area contributed by atoms with Crippen molar-refractivity contribution in [3.63, 3.8) is 0 Å². The van der Waals surface area contributed by atoms with Gasteiger partial charge in [-0.1, -0.05) is 49.0 Å². The maximum Gasteiger partial charge on any atom is 0.306 e. The number of hydrogen-bond donors (Lipinski definition) is 3. The SMILES string of the molecule is C.CCCSC[C@@H](NC)[C@H](S)C(C)C.CCOC(=O)CCSC[C@@H](N)[C@H](C)C(C)C.I.II.S=S.[V]. The van der Waals surface area contributed by atoms with Crippen molar-refractivity contribution in [1.82, 2.24) is 5.32 Å². The van der Waals surface area contributed by atoms with E-state index in [0.717, 1.165) is 11.5 Å². The molecule has 0 saturated carbocycles. The second kappa shape index (κ2) is 43.1. The molecule has 36 heavy (non-hydrogen) atoms. The molecular formula is C23H53I3N2O2S5V. The van der Waals surface area contributed by atoms with Crippen LogP contribution in [-0.2, 0) is 50.5 Å². The molecule has 0 amide bonds. The van der Waals surface area contributed by atoms with Crippen LogP contribution in [0.2, 0.25) is 0 Å². The number of ether oxygens (including phenoxy) is 1. The number of carbonyl (C=O) groups excluding carboxylic acids is 1. The number of halogens is 3. The Hall–Kier alpha value is 3.65. The Bertz CT molecular complexity index is 426. The zero-order chi connectivity index (χ0) is 26.8. The Balaban J connectivity index is -0.0000000772. The molecule has 0 aliphatic rings. The molecule has 1 radical (unpaired) electrons. The third-order valence-electron chi connectivity index (χ3n) is 4.91. The molecule has 0 aromatic rings. The summed E-state index contributed by atoms with van der Waals surface area (Å²) in [6, 6.07) is 0.757. The van der Waals surface area contributed by atoms with Crippen LogP contribution in [0.5, 0.6) is 0 Å². The first-order chi connectivity index (χ1) is 15.6. The summed E-state index contributed by atoms with van der Waals surface area (Å²) < 4.78 is 4.85. The Morgan fingerprint density at radius 1 is 1.03 bits per heavy atom. The summed E-state index contributed by atoms with van der Waals surface area (Å²) in [7, 11) is 2.03. The molecule has 0 spiro atoms. The molecule has 13 heteroatoms. The predicted molar refractivity (Wildman–Crippen MR) is 204 cm³/mol. The van der Waals surface area contributed by atoms with Gasteiger partial charge in [-0.05, 0) is 43.9 Å². The van der Waals surface area contributed by atoms with Crippen LogP contribution in [-0.4, -0.2) is 60.0 Å².